The zero-order chi connectivity index (χ0) is 20.8. The van der Waals surface area contributed by atoms with Crippen LogP contribution in [-0.4, -0.2) is 32.3 Å². The summed E-state index contributed by atoms with van der Waals surface area (Å²) >= 11 is 1.60. The van der Waals surface area contributed by atoms with Crippen molar-refractivity contribution in [3.8, 4) is 11.3 Å². The number of amides is 1. The van der Waals surface area contributed by atoms with Crippen LogP contribution in [0.15, 0.2) is 52.6 Å². The van der Waals surface area contributed by atoms with Crippen molar-refractivity contribution in [2.45, 2.75) is 12.5 Å². The van der Waals surface area contributed by atoms with Crippen LogP contribution in [0.25, 0.3) is 11.3 Å². The molecule has 1 amide bonds. The average Bonchev–Trinajstić information content (AvgIpc) is 3.47. The molecule has 1 aromatic carbocycles. The smallest absolute Gasteiger partial charge is 0.276 e. The van der Waals surface area contributed by atoms with Crippen molar-refractivity contribution in [2.24, 2.45) is 7.05 Å². The fraction of sp³-hybridized carbons (Fsp3) is 0.190. The molecule has 0 saturated heterocycles. The largest absolute Gasteiger partial charge is 0.355 e. The third-order valence-electron chi connectivity index (χ3n) is 5.23. The molecule has 1 atom stereocenters. The molecule has 152 valence electrons. The number of benzene rings is 1. The van der Waals surface area contributed by atoms with Gasteiger partial charge in [-0.05, 0) is 34.7 Å². The quantitative estimate of drug-likeness (QED) is 0.493. The van der Waals surface area contributed by atoms with Gasteiger partial charge in [0.05, 0.1) is 18.3 Å². The van der Waals surface area contributed by atoms with Crippen LogP contribution in [0.5, 0.6) is 0 Å². The van der Waals surface area contributed by atoms with Crippen molar-refractivity contribution in [2.75, 3.05) is 6.54 Å². The molecule has 9 heteroatoms. The summed E-state index contributed by atoms with van der Waals surface area (Å²) in [4.78, 5) is 15.9. The molecule has 0 radical (unpaired) electrons. The number of fused-ring (bicyclic) bond motifs is 1. The van der Waals surface area contributed by atoms with Crippen LogP contribution >= 0.6 is 11.3 Å². The zero-order valence-corrected chi connectivity index (χ0v) is 16.7. The molecule has 1 aliphatic heterocycles. The highest BCUT2D eigenvalue weighted by Gasteiger charge is 2.32. The first-order valence-corrected chi connectivity index (χ1v) is 10.1. The minimum atomic E-state index is -0.775. The molecular weight excluding hydrogens is 410 g/mol. The lowest BCUT2D eigenvalue weighted by molar-refractivity contribution is 0.0717. The second-order valence-corrected chi connectivity index (χ2v) is 8.19. The van der Waals surface area contributed by atoms with Gasteiger partial charge in [0.1, 0.15) is 11.6 Å². The van der Waals surface area contributed by atoms with Gasteiger partial charge in [-0.1, -0.05) is 5.16 Å². The van der Waals surface area contributed by atoms with Gasteiger partial charge in [-0.2, -0.15) is 5.10 Å². The zero-order valence-electron chi connectivity index (χ0n) is 15.9. The Hall–Kier alpha value is -3.33. The maximum atomic E-state index is 14.0. The maximum Gasteiger partial charge on any atom is 0.276 e. The number of halogens is 2. The van der Waals surface area contributed by atoms with Crippen LogP contribution in [0.1, 0.15) is 32.4 Å². The molecule has 4 aromatic rings. The second-order valence-electron chi connectivity index (χ2n) is 7.19. The molecule has 0 aliphatic carbocycles. The van der Waals surface area contributed by atoms with Crippen LogP contribution in [0, 0.1) is 11.6 Å². The van der Waals surface area contributed by atoms with Gasteiger partial charge in [-0.25, -0.2) is 8.78 Å². The lowest BCUT2D eigenvalue weighted by Gasteiger charge is -2.32. The number of aryl methyl sites for hydroxylation is 1. The van der Waals surface area contributed by atoms with E-state index in [4.69, 9.17) is 4.52 Å². The van der Waals surface area contributed by atoms with Crippen molar-refractivity contribution in [1.29, 1.82) is 0 Å². The van der Waals surface area contributed by atoms with Crippen molar-refractivity contribution in [3.63, 3.8) is 0 Å². The molecule has 0 N–H and O–H groups in total. The summed E-state index contributed by atoms with van der Waals surface area (Å²) in [6.45, 7) is 0.942. The number of hydrogen-bond acceptors (Lipinski definition) is 5. The van der Waals surface area contributed by atoms with Crippen LogP contribution in [0.4, 0.5) is 8.78 Å². The summed E-state index contributed by atoms with van der Waals surface area (Å²) < 4.78 is 34.1. The fourth-order valence-electron chi connectivity index (χ4n) is 3.76. The van der Waals surface area contributed by atoms with Crippen LogP contribution in [0.3, 0.4) is 0 Å². The van der Waals surface area contributed by atoms with Crippen molar-refractivity contribution >= 4 is 17.2 Å². The Kier molecular flexibility index (Phi) is 4.47. The highest BCUT2D eigenvalue weighted by Crippen LogP contribution is 2.37. The highest BCUT2D eigenvalue weighted by molar-refractivity contribution is 7.10. The van der Waals surface area contributed by atoms with Gasteiger partial charge >= 0.3 is 0 Å². The summed E-state index contributed by atoms with van der Waals surface area (Å²) in [5, 5.41) is 10.1. The lowest BCUT2D eigenvalue weighted by atomic mass is 9.90. The van der Waals surface area contributed by atoms with E-state index in [0.717, 1.165) is 22.6 Å². The molecule has 30 heavy (non-hydrogen) atoms. The van der Waals surface area contributed by atoms with Gasteiger partial charge in [0.15, 0.2) is 11.5 Å². The highest BCUT2D eigenvalue weighted by atomic mass is 32.1. The Morgan fingerprint density at radius 2 is 2.13 bits per heavy atom. The van der Waals surface area contributed by atoms with E-state index in [-0.39, 0.29) is 28.8 Å². The third kappa shape index (κ3) is 3.21. The number of nitrogens with zero attached hydrogens (tertiary/aromatic N) is 4. The molecule has 6 nitrogen and oxygen atoms in total. The van der Waals surface area contributed by atoms with E-state index in [9.17, 15) is 13.6 Å². The summed E-state index contributed by atoms with van der Waals surface area (Å²) in [5.41, 5.74) is 2.36. The predicted octanol–water partition coefficient (Wildman–Crippen LogP) is 4.20. The van der Waals surface area contributed by atoms with E-state index in [1.807, 2.05) is 24.8 Å². The number of carbonyl (C=O) groups is 1. The lowest BCUT2D eigenvalue weighted by Crippen LogP contribution is -2.38. The number of thiophene rings is 1. The normalized spacial score (nSPS) is 16.0. The molecule has 4 heterocycles. The summed E-state index contributed by atoms with van der Waals surface area (Å²) in [6.07, 6.45) is 3.76. The molecule has 5 rings (SSSR count). The van der Waals surface area contributed by atoms with E-state index >= 15 is 0 Å². The minimum absolute atomic E-state index is 0.0126. The van der Waals surface area contributed by atoms with Gasteiger partial charge in [-0.3, -0.25) is 9.48 Å². The number of aromatic nitrogens is 3. The number of hydrogen-bond donors (Lipinski definition) is 0. The SMILES string of the molecule is Cn1cc([C@@H]2CN(C(=O)c3cc(-c4ccc(F)cc4F)on3)Cc3sccc32)cn1. The van der Waals surface area contributed by atoms with Gasteiger partial charge < -0.3 is 9.42 Å². The van der Waals surface area contributed by atoms with E-state index in [1.54, 1.807) is 20.9 Å². The van der Waals surface area contributed by atoms with Crippen molar-refractivity contribution < 1.29 is 18.1 Å². The molecule has 0 bridgehead atoms. The third-order valence-corrected chi connectivity index (χ3v) is 6.15. The van der Waals surface area contributed by atoms with Crippen LogP contribution in [0.2, 0.25) is 0 Å². The molecule has 0 fully saturated rings. The molecule has 3 aromatic heterocycles. The first-order chi connectivity index (χ1) is 14.5. The van der Waals surface area contributed by atoms with E-state index in [0.29, 0.717) is 13.1 Å². The Morgan fingerprint density at radius 1 is 1.27 bits per heavy atom. The van der Waals surface area contributed by atoms with Crippen molar-refractivity contribution in [3.05, 3.63) is 81.4 Å². The Balaban J connectivity index is 1.44. The predicted molar refractivity (Wildman–Crippen MR) is 106 cm³/mol. The maximum absolute atomic E-state index is 14.0. The fourth-order valence-corrected chi connectivity index (χ4v) is 4.72. The van der Waals surface area contributed by atoms with Gasteiger partial charge in [0.2, 0.25) is 0 Å². The monoisotopic (exact) mass is 426 g/mol. The molecular formula is C21H16F2N4O2S. The van der Waals surface area contributed by atoms with Gasteiger partial charge in [0.25, 0.3) is 5.91 Å². The van der Waals surface area contributed by atoms with Crippen molar-refractivity contribution in [1.82, 2.24) is 19.8 Å². The Morgan fingerprint density at radius 3 is 2.90 bits per heavy atom. The second kappa shape index (κ2) is 7.17. The summed E-state index contributed by atoms with van der Waals surface area (Å²) in [5.74, 6) is -1.68. The Bertz CT molecular complexity index is 1250. The number of rotatable bonds is 3. The van der Waals surface area contributed by atoms with E-state index in [1.165, 1.54) is 17.7 Å². The first-order valence-electron chi connectivity index (χ1n) is 9.26. The summed E-state index contributed by atoms with van der Waals surface area (Å²) in [7, 11) is 1.86. The average molecular weight is 426 g/mol. The van der Waals surface area contributed by atoms with E-state index < -0.39 is 11.6 Å². The summed E-state index contributed by atoms with van der Waals surface area (Å²) in [6, 6.07) is 6.63. The van der Waals surface area contributed by atoms with Gasteiger partial charge in [0, 0.05) is 42.7 Å². The standard InChI is InChI=1S/C21H16F2N4O2S/c1-26-9-12(8-24-26)16-10-27(11-20-14(16)4-5-30-20)21(28)18-7-19(29-25-18)15-3-2-13(22)6-17(15)23/h2-9,16H,10-11H2,1H3/t16-/m0/s1. The van der Waals surface area contributed by atoms with Crippen LogP contribution < -0.4 is 0 Å². The van der Waals surface area contributed by atoms with Gasteiger partial charge in [-0.15, -0.1) is 11.3 Å². The topological polar surface area (TPSA) is 64.2 Å². The minimum Gasteiger partial charge on any atom is -0.355 e. The molecule has 1 aliphatic rings. The van der Waals surface area contributed by atoms with E-state index in [2.05, 4.69) is 16.3 Å². The van der Waals surface area contributed by atoms with Crippen LogP contribution in [-0.2, 0) is 13.6 Å². The Labute approximate surface area is 174 Å². The number of carbonyl (C=O) groups excluding carboxylic acids is 1. The molecule has 0 saturated carbocycles. The first kappa shape index (κ1) is 18.7. The molecule has 0 unspecified atom stereocenters. The molecule has 0 spiro atoms.